The van der Waals surface area contributed by atoms with Crippen LogP contribution in [0.3, 0.4) is 0 Å². The first kappa shape index (κ1) is 18.9. The molecule has 8 heteroatoms. The summed E-state index contributed by atoms with van der Waals surface area (Å²) in [4.78, 5) is 21.2. The molecule has 1 aromatic heterocycles. The number of piperazine rings is 1. The van der Waals surface area contributed by atoms with Gasteiger partial charge in [-0.3, -0.25) is 0 Å². The second kappa shape index (κ2) is 8.70. The van der Waals surface area contributed by atoms with Crippen molar-refractivity contribution >= 4 is 44.3 Å². The molecule has 2 heterocycles. The average Bonchev–Trinajstić information content (AvgIpc) is 3.19. The van der Waals surface area contributed by atoms with E-state index >= 15 is 0 Å². The summed E-state index contributed by atoms with van der Waals surface area (Å²) in [5, 5.41) is 3.89. The maximum absolute atomic E-state index is 12.5. The number of halogens is 1. The summed E-state index contributed by atoms with van der Waals surface area (Å²) in [6.07, 6.45) is 0.742. The molecule has 28 heavy (non-hydrogen) atoms. The lowest BCUT2D eigenvalue weighted by Gasteiger charge is -2.34. The Morgan fingerprint density at radius 1 is 1.04 bits per heavy atom. The number of nitrogens with one attached hydrogen (secondary N) is 1. The van der Waals surface area contributed by atoms with Crippen molar-refractivity contribution in [3.8, 4) is 0 Å². The smallest absolute Gasteiger partial charge is 0.321 e. The number of para-hydroxylation sites is 1. The Labute approximate surface area is 176 Å². The number of carbonyl (C=O) groups is 1. The van der Waals surface area contributed by atoms with Crippen LogP contribution in [0, 0.1) is 0 Å². The lowest BCUT2D eigenvalue weighted by molar-refractivity contribution is 0.208. The minimum Gasteiger partial charge on any atom is -0.343 e. The van der Waals surface area contributed by atoms with Crippen LogP contribution in [-0.2, 0) is 6.42 Å². The van der Waals surface area contributed by atoms with Crippen LogP contribution in [0.4, 0.5) is 15.6 Å². The number of rotatable bonds is 4. The number of hydrogen-bond donors (Lipinski definition) is 1. The predicted octanol–water partition coefficient (Wildman–Crippen LogP) is 4.25. The van der Waals surface area contributed by atoms with Gasteiger partial charge in [-0.1, -0.05) is 42.5 Å². The van der Waals surface area contributed by atoms with Crippen molar-refractivity contribution in [2.45, 2.75) is 6.42 Å². The Hall–Kier alpha value is -2.45. The molecule has 1 aliphatic rings. The molecule has 0 unspecified atom stereocenters. The highest BCUT2D eigenvalue weighted by Crippen LogP contribution is 2.23. The van der Waals surface area contributed by atoms with Gasteiger partial charge in [0.2, 0.25) is 5.13 Å². The molecule has 6 nitrogen and oxygen atoms in total. The third-order valence-electron chi connectivity index (χ3n) is 4.62. The predicted molar refractivity (Wildman–Crippen MR) is 116 cm³/mol. The SMILES string of the molecule is O=C(Nc1ccccc1Br)N1CCN(c2nc(Cc3ccccc3)ns2)CC1. The first-order valence-corrected chi connectivity index (χ1v) is 10.7. The molecule has 3 aromatic rings. The van der Waals surface area contributed by atoms with E-state index in [9.17, 15) is 4.79 Å². The quantitative estimate of drug-likeness (QED) is 0.635. The van der Waals surface area contributed by atoms with E-state index in [1.54, 1.807) is 0 Å². The number of hydrogen-bond acceptors (Lipinski definition) is 5. The van der Waals surface area contributed by atoms with Gasteiger partial charge in [0.15, 0.2) is 0 Å². The summed E-state index contributed by atoms with van der Waals surface area (Å²) < 4.78 is 5.37. The fourth-order valence-electron chi connectivity index (χ4n) is 3.08. The molecule has 144 valence electrons. The van der Waals surface area contributed by atoms with Gasteiger partial charge in [-0.15, -0.1) is 0 Å². The molecule has 2 amide bonds. The van der Waals surface area contributed by atoms with Crippen LogP contribution in [0.5, 0.6) is 0 Å². The minimum atomic E-state index is -0.0754. The molecule has 0 saturated carbocycles. The monoisotopic (exact) mass is 457 g/mol. The number of aromatic nitrogens is 2. The van der Waals surface area contributed by atoms with Gasteiger partial charge in [-0.2, -0.15) is 4.37 Å². The first-order valence-electron chi connectivity index (χ1n) is 9.11. The van der Waals surface area contributed by atoms with E-state index < -0.39 is 0 Å². The average molecular weight is 458 g/mol. The molecule has 0 radical (unpaired) electrons. The summed E-state index contributed by atoms with van der Waals surface area (Å²) in [7, 11) is 0. The largest absolute Gasteiger partial charge is 0.343 e. The van der Waals surface area contributed by atoms with Gasteiger partial charge in [-0.25, -0.2) is 9.78 Å². The van der Waals surface area contributed by atoms with Crippen molar-refractivity contribution in [1.29, 1.82) is 0 Å². The Morgan fingerprint density at radius 3 is 2.50 bits per heavy atom. The number of anilines is 2. The number of benzene rings is 2. The van der Waals surface area contributed by atoms with Crippen molar-refractivity contribution in [1.82, 2.24) is 14.3 Å². The molecule has 1 saturated heterocycles. The molecule has 1 aliphatic heterocycles. The second-order valence-corrected chi connectivity index (χ2v) is 8.12. The van der Waals surface area contributed by atoms with Crippen LogP contribution in [0.2, 0.25) is 0 Å². The molecule has 1 fully saturated rings. The van der Waals surface area contributed by atoms with E-state index in [1.165, 1.54) is 17.1 Å². The summed E-state index contributed by atoms with van der Waals surface area (Å²) in [5.41, 5.74) is 1.99. The third kappa shape index (κ3) is 4.51. The fraction of sp³-hybridized carbons (Fsp3) is 0.250. The van der Waals surface area contributed by atoms with E-state index in [-0.39, 0.29) is 6.03 Å². The van der Waals surface area contributed by atoms with Crippen molar-refractivity contribution in [2.24, 2.45) is 0 Å². The van der Waals surface area contributed by atoms with Crippen molar-refractivity contribution in [2.75, 3.05) is 36.4 Å². The fourth-order valence-corrected chi connectivity index (χ4v) is 4.20. The summed E-state index contributed by atoms with van der Waals surface area (Å²) in [6.45, 7) is 2.82. The lowest BCUT2D eigenvalue weighted by atomic mass is 10.1. The molecular formula is C20H20BrN5OS. The van der Waals surface area contributed by atoms with Crippen LogP contribution >= 0.6 is 27.5 Å². The van der Waals surface area contributed by atoms with Gasteiger partial charge in [0.1, 0.15) is 5.82 Å². The highest BCUT2D eigenvalue weighted by molar-refractivity contribution is 9.10. The summed E-state index contributed by atoms with van der Waals surface area (Å²) in [6, 6.07) is 17.8. The Morgan fingerprint density at radius 2 is 1.75 bits per heavy atom. The zero-order chi connectivity index (χ0) is 19.3. The van der Waals surface area contributed by atoms with Crippen molar-refractivity contribution in [3.63, 3.8) is 0 Å². The third-order valence-corrected chi connectivity index (χ3v) is 6.12. The molecule has 1 N–H and O–H groups in total. The topological polar surface area (TPSA) is 61.4 Å². The van der Waals surface area contributed by atoms with E-state index in [0.29, 0.717) is 13.1 Å². The van der Waals surface area contributed by atoms with E-state index in [4.69, 9.17) is 0 Å². The Balaban J connectivity index is 1.32. The van der Waals surface area contributed by atoms with Crippen LogP contribution in [-0.4, -0.2) is 46.5 Å². The van der Waals surface area contributed by atoms with Gasteiger partial charge in [0, 0.05) is 48.6 Å². The van der Waals surface area contributed by atoms with Gasteiger partial charge in [0.05, 0.1) is 5.69 Å². The van der Waals surface area contributed by atoms with E-state index in [1.807, 2.05) is 47.4 Å². The van der Waals surface area contributed by atoms with Crippen LogP contribution < -0.4 is 10.2 Å². The summed E-state index contributed by atoms with van der Waals surface area (Å²) >= 11 is 4.89. The lowest BCUT2D eigenvalue weighted by Crippen LogP contribution is -2.50. The van der Waals surface area contributed by atoms with Crippen LogP contribution in [0.25, 0.3) is 0 Å². The van der Waals surface area contributed by atoms with Crippen molar-refractivity contribution in [3.05, 3.63) is 70.5 Å². The molecular weight excluding hydrogens is 438 g/mol. The molecule has 0 aliphatic carbocycles. The van der Waals surface area contributed by atoms with Crippen LogP contribution in [0.1, 0.15) is 11.4 Å². The number of amides is 2. The van der Waals surface area contributed by atoms with Crippen molar-refractivity contribution < 1.29 is 4.79 Å². The normalized spacial score (nSPS) is 14.2. The van der Waals surface area contributed by atoms with Gasteiger partial charge < -0.3 is 15.1 Å². The molecule has 0 spiro atoms. The summed E-state index contributed by atoms with van der Waals surface area (Å²) in [5.74, 6) is 0.848. The first-order chi connectivity index (χ1) is 13.7. The number of nitrogens with zero attached hydrogens (tertiary/aromatic N) is 4. The zero-order valence-corrected chi connectivity index (χ0v) is 17.6. The molecule has 4 rings (SSSR count). The Bertz CT molecular complexity index is 941. The minimum absolute atomic E-state index is 0.0754. The van der Waals surface area contributed by atoms with Crippen LogP contribution in [0.15, 0.2) is 59.1 Å². The van der Waals surface area contributed by atoms with Gasteiger partial charge in [0.25, 0.3) is 0 Å². The van der Waals surface area contributed by atoms with Gasteiger partial charge in [-0.05, 0) is 33.6 Å². The maximum Gasteiger partial charge on any atom is 0.321 e. The number of urea groups is 1. The maximum atomic E-state index is 12.5. The standard InChI is InChI=1S/C20H20BrN5OS/c21-16-8-4-5-9-17(16)22-19(27)25-10-12-26(13-11-25)20-23-18(24-28-20)14-15-6-2-1-3-7-15/h1-9H,10-14H2,(H,22,27). The Kier molecular flexibility index (Phi) is 5.87. The molecule has 0 atom stereocenters. The molecule has 0 bridgehead atoms. The second-order valence-electron chi connectivity index (χ2n) is 6.54. The van der Waals surface area contributed by atoms with E-state index in [2.05, 4.69) is 47.6 Å². The highest BCUT2D eigenvalue weighted by Gasteiger charge is 2.23. The number of carbonyl (C=O) groups excluding carboxylic acids is 1. The highest BCUT2D eigenvalue weighted by atomic mass is 79.9. The van der Waals surface area contributed by atoms with E-state index in [0.717, 1.165) is 40.6 Å². The zero-order valence-electron chi connectivity index (χ0n) is 15.2. The molecule has 2 aromatic carbocycles. The van der Waals surface area contributed by atoms with Gasteiger partial charge >= 0.3 is 6.03 Å².